The smallest absolute Gasteiger partial charge is 0.124 e. The normalized spacial score (nSPS) is 13.0. The van der Waals surface area contributed by atoms with Crippen LogP contribution >= 0.6 is 0 Å². The van der Waals surface area contributed by atoms with E-state index in [-0.39, 0.29) is 0 Å². The molecule has 0 spiro atoms. The van der Waals surface area contributed by atoms with Crippen molar-refractivity contribution in [3.05, 3.63) is 24.0 Å². The van der Waals surface area contributed by atoms with Crippen LogP contribution in [-0.4, -0.2) is 4.98 Å². The van der Waals surface area contributed by atoms with Gasteiger partial charge in [-0.25, -0.2) is 4.39 Å². The molecule has 0 aliphatic rings. The summed E-state index contributed by atoms with van der Waals surface area (Å²) < 4.78 is 12.5. The van der Waals surface area contributed by atoms with Gasteiger partial charge in [-0.2, -0.15) is 0 Å². The molecule has 0 bridgehead atoms. The van der Waals surface area contributed by atoms with E-state index in [0.29, 0.717) is 11.3 Å². The molecule has 0 fully saturated rings. The summed E-state index contributed by atoms with van der Waals surface area (Å²) in [5.41, 5.74) is 6.40. The van der Waals surface area contributed by atoms with Crippen LogP contribution in [-0.2, 0) is 0 Å². The molecule has 0 saturated heterocycles. The first kappa shape index (κ1) is 6.99. The lowest BCUT2D eigenvalue weighted by Crippen LogP contribution is -1.91. The number of pyridine rings is 1. The Kier molecular flexibility index (Phi) is 1.85. The third-order valence-corrected chi connectivity index (χ3v) is 1.24. The van der Waals surface area contributed by atoms with Crippen molar-refractivity contribution < 1.29 is 4.39 Å². The van der Waals surface area contributed by atoms with Gasteiger partial charge < -0.3 is 5.73 Å². The minimum Gasteiger partial charge on any atom is -0.397 e. The lowest BCUT2D eigenvalue weighted by Gasteiger charge is -2.00. The van der Waals surface area contributed by atoms with Gasteiger partial charge in [0.1, 0.15) is 6.17 Å². The van der Waals surface area contributed by atoms with Crippen molar-refractivity contribution in [3.8, 4) is 0 Å². The predicted octanol–water partition coefficient (Wildman–Crippen LogP) is 1.69. The maximum absolute atomic E-state index is 12.5. The molecule has 1 atom stereocenters. The predicted molar refractivity (Wildman–Crippen MR) is 38.2 cm³/mol. The zero-order valence-electron chi connectivity index (χ0n) is 5.71. The molecule has 54 valence electrons. The fraction of sp³-hybridized carbons (Fsp3) is 0.286. The highest BCUT2D eigenvalue weighted by atomic mass is 19.1. The lowest BCUT2D eigenvalue weighted by molar-refractivity contribution is 0.373. The molecular formula is C7H9FN2. The van der Waals surface area contributed by atoms with Crippen molar-refractivity contribution in [2.45, 2.75) is 13.1 Å². The minimum absolute atomic E-state index is 0.502. The molecule has 0 aliphatic carbocycles. The first-order valence-electron chi connectivity index (χ1n) is 3.04. The number of hydrogen-bond donors (Lipinski definition) is 1. The molecule has 1 aromatic heterocycles. The summed E-state index contributed by atoms with van der Waals surface area (Å²) in [5, 5.41) is 0. The van der Waals surface area contributed by atoms with Crippen LogP contribution < -0.4 is 5.73 Å². The van der Waals surface area contributed by atoms with E-state index >= 15 is 0 Å². The van der Waals surface area contributed by atoms with Crippen LogP contribution in [0.15, 0.2) is 18.5 Å². The van der Waals surface area contributed by atoms with E-state index < -0.39 is 6.17 Å². The molecule has 3 heteroatoms. The Morgan fingerprint density at radius 1 is 1.60 bits per heavy atom. The first-order chi connectivity index (χ1) is 4.70. The van der Waals surface area contributed by atoms with Gasteiger partial charge >= 0.3 is 0 Å². The first-order valence-corrected chi connectivity index (χ1v) is 3.04. The van der Waals surface area contributed by atoms with Crippen molar-refractivity contribution in [1.82, 2.24) is 4.98 Å². The Bertz CT molecular complexity index is 223. The van der Waals surface area contributed by atoms with E-state index in [4.69, 9.17) is 5.73 Å². The zero-order chi connectivity index (χ0) is 7.56. The Balaban J connectivity index is 2.96. The largest absolute Gasteiger partial charge is 0.397 e. The number of nitrogens with two attached hydrogens (primary N) is 1. The highest BCUT2D eigenvalue weighted by Gasteiger charge is 2.01. The van der Waals surface area contributed by atoms with Crippen molar-refractivity contribution in [3.63, 3.8) is 0 Å². The molecular weight excluding hydrogens is 131 g/mol. The number of nitrogen functional groups attached to an aromatic ring is 1. The molecule has 2 nitrogen and oxygen atoms in total. The topological polar surface area (TPSA) is 38.9 Å². The third-order valence-electron chi connectivity index (χ3n) is 1.24. The van der Waals surface area contributed by atoms with Crippen molar-refractivity contribution >= 4 is 5.69 Å². The van der Waals surface area contributed by atoms with Gasteiger partial charge in [-0.1, -0.05) is 0 Å². The fourth-order valence-corrected chi connectivity index (χ4v) is 0.694. The van der Waals surface area contributed by atoms with Crippen molar-refractivity contribution in [2.75, 3.05) is 5.73 Å². The van der Waals surface area contributed by atoms with Crippen LogP contribution in [0.25, 0.3) is 0 Å². The molecule has 0 unspecified atom stereocenters. The number of hydrogen-bond acceptors (Lipinski definition) is 2. The molecule has 2 N–H and O–H groups in total. The van der Waals surface area contributed by atoms with Crippen molar-refractivity contribution in [2.24, 2.45) is 0 Å². The molecule has 10 heavy (non-hydrogen) atoms. The van der Waals surface area contributed by atoms with Crippen LogP contribution in [0.5, 0.6) is 0 Å². The quantitative estimate of drug-likeness (QED) is 0.644. The Hall–Kier alpha value is -1.12. The molecule has 0 aromatic carbocycles. The highest BCUT2D eigenvalue weighted by molar-refractivity contribution is 5.37. The summed E-state index contributed by atoms with van der Waals surface area (Å²) in [6.07, 6.45) is 1.98. The van der Waals surface area contributed by atoms with Gasteiger partial charge in [-0.15, -0.1) is 0 Å². The Morgan fingerprint density at radius 3 is 2.70 bits per heavy atom. The summed E-state index contributed by atoms with van der Waals surface area (Å²) in [4.78, 5) is 3.74. The van der Waals surface area contributed by atoms with Gasteiger partial charge in [-0.3, -0.25) is 4.98 Å². The third kappa shape index (κ3) is 1.43. The number of nitrogens with zero attached hydrogens (tertiary/aromatic N) is 1. The van der Waals surface area contributed by atoms with E-state index in [9.17, 15) is 4.39 Å². The van der Waals surface area contributed by atoms with Gasteiger partial charge in [0.05, 0.1) is 5.69 Å². The zero-order valence-corrected chi connectivity index (χ0v) is 5.71. The fourth-order valence-electron chi connectivity index (χ4n) is 0.694. The van der Waals surface area contributed by atoms with Gasteiger partial charge in [0.2, 0.25) is 0 Å². The molecule has 0 aliphatic heterocycles. The van der Waals surface area contributed by atoms with Crippen LogP contribution in [0.3, 0.4) is 0 Å². The van der Waals surface area contributed by atoms with Crippen LogP contribution in [0, 0.1) is 0 Å². The summed E-state index contributed by atoms with van der Waals surface area (Å²) in [7, 11) is 0. The molecule has 1 heterocycles. The molecule has 1 aromatic rings. The average Bonchev–Trinajstić information content (AvgIpc) is 1.88. The van der Waals surface area contributed by atoms with Gasteiger partial charge in [0.25, 0.3) is 0 Å². The number of rotatable bonds is 1. The Morgan fingerprint density at radius 2 is 2.30 bits per heavy atom. The lowest BCUT2D eigenvalue weighted by atomic mass is 10.2. The van der Waals surface area contributed by atoms with E-state index in [1.807, 2.05) is 0 Å². The van der Waals surface area contributed by atoms with E-state index in [1.165, 1.54) is 19.3 Å². The minimum atomic E-state index is -0.990. The molecule has 0 saturated carbocycles. The molecule has 0 radical (unpaired) electrons. The second-order valence-electron chi connectivity index (χ2n) is 2.17. The van der Waals surface area contributed by atoms with E-state index in [1.54, 1.807) is 6.07 Å². The monoisotopic (exact) mass is 140 g/mol. The maximum Gasteiger partial charge on any atom is 0.124 e. The van der Waals surface area contributed by atoms with E-state index in [2.05, 4.69) is 4.98 Å². The van der Waals surface area contributed by atoms with E-state index in [0.717, 1.165) is 0 Å². The molecule has 0 amide bonds. The van der Waals surface area contributed by atoms with Crippen molar-refractivity contribution in [1.29, 1.82) is 0 Å². The summed E-state index contributed by atoms with van der Waals surface area (Å²) in [6.45, 7) is 1.45. The second-order valence-corrected chi connectivity index (χ2v) is 2.17. The number of halogens is 1. The van der Waals surface area contributed by atoms with Gasteiger partial charge in [-0.05, 0) is 13.0 Å². The van der Waals surface area contributed by atoms with Crippen LogP contribution in [0.2, 0.25) is 0 Å². The standard InChI is InChI=1S/C7H9FN2/c1-5(8)6-2-7(9)4-10-3-6/h2-5H,9H2,1H3/t5-/m1/s1. The number of anilines is 1. The molecule has 1 rings (SSSR count). The highest BCUT2D eigenvalue weighted by Crippen LogP contribution is 2.16. The van der Waals surface area contributed by atoms with Gasteiger partial charge in [0.15, 0.2) is 0 Å². The maximum atomic E-state index is 12.5. The van der Waals surface area contributed by atoms with Crippen LogP contribution in [0.4, 0.5) is 10.1 Å². The number of aromatic nitrogens is 1. The van der Waals surface area contributed by atoms with Crippen LogP contribution in [0.1, 0.15) is 18.7 Å². The Labute approximate surface area is 58.9 Å². The number of alkyl halides is 1. The SMILES string of the molecule is C[C@@H](F)c1cncc(N)c1. The second kappa shape index (κ2) is 2.64. The average molecular weight is 140 g/mol. The summed E-state index contributed by atoms with van der Waals surface area (Å²) in [5.74, 6) is 0. The summed E-state index contributed by atoms with van der Waals surface area (Å²) in [6, 6.07) is 1.58. The summed E-state index contributed by atoms with van der Waals surface area (Å²) >= 11 is 0. The van der Waals surface area contributed by atoms with Gasteiger partial charge in [0, 0.05) is 18.0 Å².